The Balaban J connectivity index is 2.34. The third kappa shape index (κ3) is 3.62. The van der Waals surface area contributed by atoms with Crippen molar-refractivity contribution in [3.05, 3.63) is 44.5 Å². The Bertz CT molecular complexity index is 672. The third-order valence-corrected chi connectivity index (χ3v) is 3.16. The second kappa shape index (κ2) is 5.69. The van der Waals surface area contributed by atoms with Crippen LogP contribution in [0.4, 0.5) is 24.7 Å². The van der Waals surface area contributed by atoms with Crippen LogP contribution in [0.3, 0.4) is 0 Å². The van der Waals surface area contributed by atoms with Gasteiger partial charge in [-0.05, 0) is 34.7 Å². The number of H-pyrrole nitrogens is 1. The van der Waals surface area contributed by atoms with Gasteiger partial charge >= 0.3 is 6.36 Å². The number of nitrogens with zero attached hydrogens (tertiary/aromatic N) is 1. The van der Waals surface area contributed by atoms with E-state index in [0.29, 0.717) is 0 Å². The summed E-state index contributed by atoms with van der Waals surface area (Å²) in [7, 11) is 0. The van der Waals surface area contributed by atoms with E-state index in [9.17, 15) is 18.0 Å². The Hall–Kier alpha value is -1.78. The van der Waals surface area contributed by atoms with Crippen molar-refractivity contribution in [1.29, 1.82) is 0 Å². The Kier molecular flexibility index (Phi) is 4.16. The lowest BCUT2D eigenvalue weighted by Gasteiger charge is -2.14. The number of hydrogen-bond acceptors (Lipinski definition) is 4. The van der Waals surface area contributed by atoms with Crippen LogP contribution in [0.5, 0.6) is 5.75 Å². The van der Waals surface area contributed by atoms with Gasteiger partial charge in [0, 0.05) is 0 Å². The molecule has 0 radical (unpaired) electrons. The van der Waals surface area contributed by atoms with E-state index >= 15 is 0 Å². The molecule has 1 aromatic heterocycles. The number of benzene rings is 1. The molecule has 0 saturated heterocycles. The lowest BCUT2D eigenvalue weighted by Crippen LogP contribution is -2.18. The molecule has 0 fully saturated rings. The van der Waals surface area contributed by atoms with Crippen LogP contribution in [-0.4, -0.2) is 16.3 Å². The summed E-state index contributed by atoms with van der Waals surface area (Å²) in [6.07, 6.45) is -3.65. The summed E-state index contributed by atoms with van der Waals surface area (Å²) in [5, 5.41) is 2.64. The van der Waals surface area contributed by atoms with E-state index in [4.69, 9.17) is 0 Å². The molecule has 1 aromatic carbocycles. The smallest absolute Gasteiger partial charge is 0.404 e. The number of ether oxygens (including phenoxy) is 1. The molecule has 20 heavy (non-hydrogen) atoms. The molecule has 106 valence electrons. The van der Waals surface area contributed by atoms with Crippen molar-refractivity contribution in [3.63, 3.8) is 0 Å². The molecule has 2 rings (SSSR count). The number of anilines is 2. The molecule has 0 atom stereocenters. The fourth-order valence-electron chi connectivity index (χ4n) is 1.38. The number of rotatable bonds is 3. The highest BCUT2D eigenvalue weighted by atomic mass is 127. The van der Waals surface area contributed by atoms with Crippen LogP contribution in [0.2, 0.25) is 0 Å². The summed E-state index contributed by atoms with van der Waals surface area (Å²) in [5.74, 6) is -0.259. The second-order valence-corrected chi connectivity index (χ2v) is 4.64. The van der Waals surface area contributed by atoms with Gasteiger partial charge in [-0.2, -0.15) is 0 Å². The van der Waals surface area contributed by atoms with Gasteiger partial charge in [0.15, 0.2) is 11.6 Å². The maximum absolute atomic E-state index is 12.3. The van der Waals surface area contributed by atoms with Crippen LogP contribution >= 0.6 is 22.6 Å². The number of nitrogens with one attached hydrogen (secondary N) is 2. The Morgan fingerprint density at radius 2 is 2.00 bits per heavy atom. The largest absolute Gasteiger partial charge is 0.573 e. The molecular formula is C11H7F3IN3O2. The quantitative estimate of drug-likeness (QED) is 0.782. The molecule has 0 spiro atoms. The van der Waals surface area contributed by atoms with Crippen molar-refractivity contribution in [2.24, 2.45) is 0 Å². The van der Waals surface area contributed by atoms with Gasteiger partial charge < -0.3 is 15.0 Å². The maximum Gasteiger partial charge on any atom is 0.573 e. The molecule has 2 N–H and O–H groups in total. The fraction of sp³-hybridized carbons (Fsp3) is 0.0909. The Labute approximate surface area is 124 Å². The van der Waals surface area contributed by atoms with Crippen LogP contribution in [0.1, 0.15) is 0 Å². The fourth-order valence-corrected chi connectivity index (χ4v) is 1.81. The third-order valence-electron chi connectivity index (χ3n) is 2.16. The topological polar surface area (TPSA) is 67.0 Å². The summed E-state index contributed by atoms with van der Waals surface area (Å²) in [4.78, 5) is 17.6. The Morgan fingerprint density at radius 3 is 2.70 bits per heavy atom. The first-order valence-electron chi connectivity index (χ1n) is 5.22. The van der Waals surface area contributed by atoms with Crippen molar-refractivity contribution in [2.75, 3.05) is 5.32 Å². The average molecular weight is 397 g/mol. The lowest BCUT2D eigenvalue weighted by molar-refractivity contribution is -0.274. The molecule has 5 nitrogen and oxygen atoms in total. The monoisotopic (exact) mass is 397 g/mol. The minimum Gasteiger partial charge on any atom is -0.404 e. The highest BCUT2D eigenvalue weighted by Gasteiger charge is 2.32. The van der Waals surface area contributed by atoms with Crippen molar-refractivity contribution in [3.8, 4) is 5.75 Å². The highest BCUT2D eigenvalue weighted by Crippen LogP contribution is 2.31. The molecule has 0 aliphatic heterocycles. The van der Waals surface area contributed by atoms with Gasteiger partial charge in [0.25, 0.3) is 5.56 Å². The molecule has 0 unspecified atom stereocenters. The lowest BCUT2D eigenvalue weighted by atomic mass is 10.3. The molecule has 2 aromatic rings. The number of halogens is 4. The number of aromatic nitrogens is 2. The zero-order valence-electron chi connectivity index (χ0n) is 9.66. The number of para-hydroxylation sites is 2. The first-order valence-corrected chi connectivity index (χ1v) is 6.29. The molecule has 9 heteroatoms. The van der Waals surface area contributed by atoms with E-state index in [1.165, 1.54) is 18.2 Å². The molecule has 0 aliphatic rings. The van der Waals surface area contributed by atoms with Gasteiger partial charge in [-0.25, -0.2) is 4.98 Å². The van der Waals surface area contributed by atoms with Crippen LogP contribution in [-0.2, 0) is 0 Å². The van der Waals surface area contributed by atoms with Gasteiger partial charge in [0.05, 0.1) is 12.0 Å². The number of aromatic amines is 1. The van der Waals surface area contributed by atoms with Gasteiger partial charge in [0.1, 0.15) is 3.57 Å². The van der Waals surface area contributed by atoms with Crippen LogP contribution < -0.4 is 15.6 Å². The van der Waals surface area contributed by atoms with E-state index in [1.807, 2.05) is 0 Å². The molecule has 0 bridgehead atoms. The summed E-state index contributed by atoms with van der Waals surface area (Å²) in [6, 6.07) is 5.49. The highest BCUT2D eigenvalue weighted by molar-refractivity contribution is 14.1. The van der Waals surface area contributed by atoms with Crippen LogP contribution in [0, 0.1) is 3.57 Å². The average Bonchev–Trinajstić information content (AvgIpc) is 2.35. The van der Waals surface area contributed by atoms with E-state index in [2.05, 4.69) is 20.0 Å². The van der Waals surface area contributed by atoms with Crippen molar-refractivity contribution in [1.82, 2.24) is 9.97 Å². The van der Waals surface area contributed by atoms with E-state index in [-0.39, 0.29) is 15.1 Å². The molecule has 0 amide bonds. The standard InChI is InChI=1S/C11H7F3IN3O2/c12-11(13,14)20-7-4-2-1-3-6(7)18-9-8(15)10(19)17-5-16-9/h1-5H,(H2,16,17,18,19). The number of hydrogen-bond donors (Lipinski definition) is 2. The predicted octanol–water partition coefficient (Wildman–Crippen LogP) is 3.02. The molecular weight excluding hydrogens is 390 g/mol. The number of alkyl halides is 3. The van der Waals surface area contributed by atoms with Gasteiger partial charge in [-0.1, -0.05) is 12.1 Å². The van der Waals surface area contributed by atoms with Gasteiger partial charge in [-0.15, -0.1) is 13.2 Å². The van der Waals surface area contributed by atoms with Crippen LogP contribution in [0.25, 0.3) is 0 Å². The van der Waals surface area contributed by atoms with Gasteiger partial charge in [-0.3, -0.25) is 4.79 Å². The summed E-state index contributed by atoms with van der Waals surface area (Å²) < 4.78 is 41.0. The van der Waals surface area contributed by atoms with E-state index < -0.39 is 17.7 Å². The van der Waals surface area contributed by atoms with E-state index in [0.717, 1.165) is 12.4 Å². The molecule has 1 heterocycles. The zero-order valence-corrected chi connectivity index (χ0v) is 11.8. The van der Waals surface area contributed by atoms with Crippen molar-refractivity contribution >= 4 is 34.1 Å². The van der Waals surface area contributed by atoms with E-state index in [1.54, 1.807) is 22.6 Å². The van der Waals surface area contributed by atoms with Crippen molar-refractivity contribution < 1.29 is 17.9 Å². The van der Waals surface area contributed by atoms with Crippen molar-refractivity contribution in [2.45, 2.75) is 6.36 Å². The molecule has 0 aliphatic carbocycles. The molecule has 0 saturated carbocycles. The first-order chi connectivity index (χ1) is 9.37. The maximum atomic E-state index is 12.3. The summed E-state index contributed by atoms with van der Waals surface area (Å²) in [6.45, 7) is 0. The first kappa shape index (κ1) is 14.6. The minimum absolute atomic E-state index is 0.0563. The summed E-state index contributed by atoms with van der Waals surface area (Å²) in [5.41, 5.74) is -0.335. The minimum atomic E-state index is -4.80. The Morgan fingerprint density at radius 1 is 1.30 bits per heavy atom. The van der Waals surface area contributed by atoms with Gasteiger partial charge in [0.2, 0.25) is 0 Å². The second-order valence-electron chi connectivity index (χ2n) is 3.56. The van der Waals surface area contributed by atoms with Crippen LogP contribution in [0.15, 0.2) is 35.4 Å². The predicted molar refractivity (Wildman–Crippen MR) is 74.0 cm³/mol. The zero-order chi connectivity index (χ0) is 14.8. The summed E-state index contributed by atoms with van der Waals surface area (Å²) >= 11 is 1.74. The normalized spacial score (nSPS) is 11.2. The SMILES string of the molecule is O=c1[nH]cnc(Nc2ccccc2OC(F)(F)F)c1I.